The first-order valence-electron chi connectivity index (χ1n) is 6.57. The Bertz CT molecular complexity index is 347. The van der Waals surface area contributed by atoms with Crippen LogP contribution in [0.4, 0.5) is 0 Å². The third-order valence-electron chi connectivity index (χ3n) is 3.04. The molecule has 0 aliphatic rings. The molecule has 0 spiro atoms. The molecule has 2 heteroatoms. The molecule has 0 heterocycles. The van der Waals surface area contributed by atoms with Crippen molar-refractivity contribution in [3.8, 4) is 5.75 Å². The second-order valence-electron chi connectivity index (χ2n) is 4.61. The molecule has 0 unspecified atom stereocenters. The van der Waals surface area contributed by atoms with Crippen molar-refractivity contribution >= 4 is 0 Å². The fourth-order valence-corrected chi connectivity index (χ4v) is 1.82. The molecule has 1 aromatic carbocycles. The lowest BCUT2D eigenvalue weighted by Gasteiger charge is -2.14. The molecule has 0 aliphatic heterocycles. The van der Waals surface area contributed by atoms with E-state index in [1.807, 2.05) is 0 Å². The standard InChI is InChI=1S/C15H25NO/c1-5-9-16-10-6-11-17-15-13(3)8-7-12(2)14(15)4/h7-8,16H,5-6,9-11H2,1-4H3. The Morgan fingerprint density at radius 3 is 2.47 bits per heavy atom. The Morgan fingerprint density at radius 2 is 1.76 bits per heavy atom. The topological polar surface area (TPSA) is 21.3 Å². The van der Waals surface area contributed by atoms with Crippen LogP contribution in [0.25, 0.3) is 0 Å². The van der Waals surface area contributed by atoms with Crippen LogP contribution in [0, 0.1) is 20.8 Å². The second kappa shape index (κ2) is 7.33. The van der Waals surface area contributed by atoms with Crippen LogP contribution >= 0.6 is 0 Å². The molecule has 0 bridgehead atoms. The van der Waals surface area contributed by atoms with E-state index in [1.165, 1.54) is 23.1 Å². The van der Waals surface area contributed by atoms with Gasteiger partial charge in [0.15, 0.2) is 0 Å². The summed E-state index contributed by atoms with van der Waals surface area (Å²) < 4.78 is 5.89. The van der Waals surface area contributed by atoms with Gasteiger partial charge in [0.25, 0.3) is 0 Å². The zero-order chi connectivity index (χ0) is 12.7. The minimum absolute atomic E-state index is 0.793. The van der Waals surface area contributed by atoms with Crippen molar-refractivity contribution in [3.63, 3.8) is 0 Å². The lowest BCUT2D eigenvalue weighted by Crippen LogP contribution is -2.18. The lowest BCUT2D eigenvalue weighted by atomic mass is 10.1. The van der Waals surface area contributed by atoms with E-state index >= 15 is 0 Å². The van der Waals surface area contributed by atoms with Gasteiger partial charge in [-0.05, 0) is 63.4 Å². The maximum atomic E-state index is 5.89. The number of aryl methyl sites for hydroxylation is 2. The summed E-state index contributed by atoms with van der Waals surface area (Å²) in [6, 6.07) is 4.29. The molecule has 1 N–H and O–H groups in total. The highest BCUT2D eigenvalue weighted by molar-refractivity contribution is 5.44. The predicted octanol–water partition coefficient (Wildman–Crippen LogP) is 3.38. The minimum atomic E-state index is 0.793. The maximum absolute atomic E-state index is 5.89. The van der Waals surface area contributed by atoms with Crippen LogP contribution in [-0.4, -0.2) is 19.7 Å². The van der Waals surface area contributed by atoms with Crippen LogP contribution < -0.4 is 10.1 Å². The largest absolute Gasteiger partial charge is 0.493 e. The Kier molecular flexibility index (Phi) is 6.06. The monoisotopic (exact) mass is 235 g/mol. The zero-order valence-electron chi connectivity index (χ0n) is 11.6. The molecule has 0 aromatic heterocycles. The van der Waals surface area contributed by atoms with Gasteiger partial charge in [0.2, 0.25) is 0 Å². The number of rotatable bonds is 7. The van der Waals surface area contributed by atoms with Crippen LogP contribution in [0.3, 0.4) is 0 Å². The zero-order valence-corrected chi connectivity index (χ0v) is 11.6. The van der Waals surface area contributed by atoms with Crippen LogP contribution in [0.2, 0.25) is 0 Å². The Labute approximate surface area is 105 Å². The van der Waals surface area contributed by atoms with Crippen molar-refractivity contribution in [3.05, 3.63) is 28.8 Å². The fraction of sp³-hybridized carbons (Fsp3) is 0.600. The van der Waals surface area contributed by atoms with Gasteiger partial charge in [0, 0.05) is 0 Å². The first-order chi connectivity index (χ1) is 8.16. The summed E-state index contributed by atoms with van der Waals surface area (Å²) in [4.78, 5) is 0. The van der Waals surface area contributed by atoms with Crippen molar-refractivity contribution in [2.45, 2.75) is 40.5 Å². The number of nitrogens with one attached hydrogen (secondary N) is 1. The van der Waals surface area contributed by atoms with Crippen LogP contribution in [0.15, 0.2) is 12.1 Å². The number of ether oxygens (including phenoxy) is 1. The highest BCUT2D eigenvalue weighted by atomic mass is 16.5. The summed E-state index contributed by atoms with van der Waals surface area (Å²) >= 11 is 0. The van der Waals surface area contributed by atoms with Gasteiger partial charge in [-0.2, -0.15) is 0 Å². The van der Waals surface area contributed by atoms with Gasteiger partial charge < -0.3 is 10.1 Å². The second-order valence-corrected chi connectivity index (χ2v) is 4.61. The van der Waals surface area contributed by atoms with Crippen LogP contribution in [0.1, 0.15) is 36.5 Å². The third kappa shape index (κ3) is 4.39. The van der Waals surface area contributed by atoms with Gasteiger partial charge in [-0.1, -0.05) is 19.1 Å². The predicted molar refractivity (Wildman–Crippen MR) is 73.9 cm³/mol. The van der Waals surface area contributed by atoms with E-state index in [0.29, 0.717) is 0 Å². The molecule has 0 atom stereocenters. The number of hydrogen-bond donors (Lipinski definition) is 1. The third-order valence-corrected chi connectivity index (χ3v) is 3.04. The van der Waals surface area contributed by atoms with Gasteiger partial charge in [0.1, 0.15) is 5.75 Å². The Hall–Kier alpha value is -1.02. The van der Waals surface area contributed by atoms with Gasteiger partial charge in [-0.3, -0.25) is 0 Å². The SMILES string of the molecule is CCCNCCCOc1c(C)ccc(C)c1C. The molecule has 0 saturated heterocycles. The van der Waals surface area contributed by atoms with E-state index < -0.39 is 0 Å². The highest BCUT2D eigenvalue weighted by Gasteiger charge is 2.05. The van der Waals surface area contributed by atoms with Crippen molar-refractivity contribution in [1.29, 1.82) is 0 Å². The van der Waals surface area contributed by atoms with Crippen molar-refractivity contribution < 1.29 is 4.74 Å². The Balaban J connectivity index is 2.39. The number of hydrogen-bond acceptors (Lipinski definition) is 2. The Morgan fingerprint density at radius 1 is 1.06 bits per heavy atom. The molecular formula is C15H25NO. The summed E-state index contributed by atoms with van der Waals surface area (Å²) in [5.74, 6) is 1.07. The minimum Gasteiger partial charge on any atom is -0.493 e. The van der Waals surface area contributed by atoms with E-state index in [4.69, 9.17) is 4.74 Å². The van der Waals surface area contributed by atoms with Gasteiger partial charge >= 0.3 is 0 Å². The average Bonchev–Trinajstić information content (AvgIpc) is 2.32. The van der Waals surface area contributed by atoms with Crippen LogP contribution in [0.5, 0.6) is 5.75 Å². The molecule has 1 rings (SSSR count). The number of benzene rings is 1. The molecule has 96 valence electrons. The molecule has 0 amide bonds. The van der Waals surface area contributed by atoms with Gasteiger partial charge in [-0.25, -0.2) is 0 Å². The maximum Gasteiger partial charge on any atom is 0.125 e. The van der Waals surface area contributed by atoms with Gasteiger partial charge in [0.05, 0.1) is 6.61 Å². The molecule has 17 heavy (non-hydrogen) atoms. The molecule has 0 saturated carbocycles. The smallest absolute Gasteiger partial charge is 0.125 e. The van der Waals surface area contributed by atoms with E-state index in [-0.39, 0.29) is 0 Å². The van der Waals surface area contributed by atoms with Crippen molar-refractivity contribution in [2.75, 3.05) is 19.7 Å². The first kappa shape index (κ1) is 14.0. The molecule has 2 nitrogen and oxygen atoms in total. The van der Waals surface area contributed by atoms with E-state index in [2.05, 4.69) is 45.1 Å². The molecular weight excluding hydrogens is 210 g/mol. The lowest BCUT2D eigenvalue weighted by molar-refractivity contribution is 0.304. The van der Waals surface area contributed by atoms with E-state index in [1.54, 1.807) is 0 Å². The summed E-state index contributed by atoms with van der Waals surface area (Å²) in [6.07, 6.45) is 2.25. The van der Waals surface area contributed by atoms with Crippen molar-refractivity contribution in [1.82, 2.24) is 5.32 Å². The summed E-state index contributed by atoms with van der Waals surface area (Å²) in [7, 11) is 0. The molecule has 1 aromatic rings. The summed E-state index contributed by atoms with van der Waals surface area (Å²) in [5, 5.41) is 3.38. The fourth-order valence-electron chi connectivity index (χ4n) is 1.82. The molecule has 0 aliphatic carbocycles. The normalized spacial score (nSPS) is 10.6. The van der Waals surface area contributed by atoms with Crippen LogP contribution in [-0.2, 0) is 0 Å². The average molecular weight is 235 g/mol. The molecule has 0 fully saturated rings. The quantitative estimate of drug-likeness (QED) is 0.732. The molecule has 0 radical (unpaired) electrons. The summed E-state index contributed by atoms with van der Waals surface area (Å²) in [6.45, 7) is 11.5. The van der Waals surface area contributed by atoms with Crippen molar-refractivity contribution in [2.24, 2.45) is 0 Å². The highest BCUT2D eigenvalue weighted by Crippen LogP contribution is 2.25. The van der Waals surface area contributed by atoms with Gasteiger partial charge in [-0.15, -0.1) is 0 Å². The van der Waals surface area contributed by atoms with E-state index in [0.717, 1.165) is 31.9 Å². The summed E-state index contributed by atoms with van der Waals surface area (Å²) in [5.41, 5.74) is 3.80. The first-order valence-corrected chi connectivity index (χ1v) is 6.57. The van der Waals surface area contributed by atoms with E-state index in [9.17, 15) is 0 Å².